The fourth-order valence-corrected chi connectivity index (χ4v) is 9.80. The number of carbonyl (C=O) groups is 3. The molecule has 9 atom stereocenters. The van der Waals surface area contributed by atoms with Gasteiger partial charge in [-0.05, 0) is 79.4 Å². The van der Waals surface area contributed by atoms with Crippen molar-refractivity contribution in [1.82, 2.24) is 0 Å². The molecule has 204 valence electrons. The Morgan fingerprint density at radius 1 is 0.944 bits per heavy atom. The highest BCUT2D eigenvalue weighted by atomic mass is 16.6. The second-order valence-electron chi connectivity index (χ2n) is 13.8. The molecule has 4 fully saturated rings. The Balaban J connectivity index is 1.59. The van der Waals surface area contributed by atoms with Gasteiger partial charge in [0, 0.05) is 32.1 Å². The number of carbonyl (C=O) groups excluding carboxylic acids is 3. The lowest BCUT2D eigenvalue weighted by Crippen LogP contribution is -2.68. The molecule has 0 heterocycles. The number of hydrogen-bond acceptors (Lipinski definition) is 5. The highest BCUT2D eigenvalue weighted by molar-refractivity contribution is 5.92. The van der Waals surface area contributed by atoms with Crippen LogP contribution in [-0.4, -0.2) is 29.4 Å². The van der Waals surface area contributed by atoms with E-state index in [-0.39, 0.29) is 17.9 Å². The van der Waals surface area contributed by atoms with Gasteiger partial charge in [0.2, 0.25) is 0 Å². The van der Waals surface area contributed by atoms with Crippen molar-refractivity contribution in [3.8, 4) is 0 Å². The third kappa shape index (κ3) is 4.55. The molecule has 0 N–H and O–H groups in total. The summed E-state index contributed by atoms with van der Waals surface area (Å²) in [5, 5.41) is 0. The van der Waals surface area contributed by atoms with Crippen molar-refractivity contribution >= 4 is 17.7 Å². The minimum atomic E-state index is -1.17. The van der Waals surface area contributed by atoms with Gasteiger partial charge >= 0.3 is 11.9 Å². The predicted molar refractivity (Wildman–Crippen MR) is 140 cm³/mol. The minimum Gasteiger partial charge on any atom is -0.462 e. The average molecular weight is 503 g/mol. The second kappa shape index (κ2) is 10.1. The van der Waals surface area contributed by atoms with Crippen LogP contribution in [0, 0.1) is 46.3 Å². The average Bonchev–Trinajstić information content (AvgIpc) is 3.12. The summed E-state index contributed by atoms with van der Waals surface area (Å²) >= 11 is 0. The Morgan fingerprint density at radius 3 is 2.31 bits per heavy atom. The number of ketones is 1. The summed E-state index contributed by atoms with van der Waals surface area (Å²) in [5.74, 6) is 2.84. The molecule has 4 aliphatic rings. The van der Waals surface area contributed by atoms with E-state index in [9.17, 15) is 14.4 Å². The molecule has 0 aliphatic heterocycles. The first-order valence-corrected chi connectivity index (χ1v) is 14.7. The van der Waals surface area contributed by atoms with Crippen molar-refractivity contribution in [3.63, 3.8) is 0 Å². The van der Waals surface area contributed by atoms with Crippen LogP contribution in [0.4, 0.5) is 0 Å². The Morgan fingerprint density at radius 2 is 1.67 bits per heavy atom. The van der Waals surface area contributed by atoms with Crippen molar-refractivity contribution in [2.24, 2.45) is 46.3 Å². The molecule has 5 nitrogen and oxygen atoms in total. The molecule has 0 aromatic heterocycles. The molecule has 0 bridgehead atoms. The van der Waals surface area contributed by atoms with E-state index in [1.807, 2.05) is 0 Å². The van der Waals surface area contributed by atoms with Crippen LogP contribution in [0.1, 0.15) is 119 Å². The van der Waals surface area contributed by atoms with E-state index in [2.05, 4.69) is 34.6 Å². The summed E-state index contributed by atoms with van der Waals surface area (Å²) < 4.78 is 11.6. The van der Waals surface area contributed by atoms with Gasteiger partial charge in [0.15, 0.2) is 11.4 Å². The van der Waals surface area contributed by atoms with Crippen molar-refractivity contribution in [3.05, 3.63) is 0 Å². The molecule has 4 rings (SSSR count). The molecule has 0 unspecified atom stereocenters. The van der Waals surface area contributed by atoms with E-state index < -0.39 is 17.0 Å². The van der Waals surface area contributed by atoms with E-state index in [1.54, 1.807) is 0 Å². The van der Waals surface area contributed by atoms with Gasteiger partial charge in [0.25, 0.3) is 0 Å². The van der Waals surface area contributed by atoms with Crippen LogP contribution in [-0.2, 0) is 23.9 Å². The van der Waals surface area contributed by atoms with Gasteiger partial charge in [-0.15, -0.1) is 0 Å². The van der Waals surface area contributed by atoms with E-state index in [4.69, 9.17) is 9.47 Å². The number of hydrogen-bond donors (Lipinski definition) is 0. The monoisotopic (exact) mass is 502 g/mol. The zero-order valence-electron chi connectivity index (χ0n) is 23.9. The molecule has 0 radical (unpaired) electrons. The van der Waals surface area contributed by atoms with Crippen molar-refractivity contribution < 1.29 is 23.9 Å². The maximum atomic E-state index is 14.1. The number of rotatable bonds is 7. The number of esters is 2. The molecule has 0 aromatic carbocycles. The molecule has 4 aliphatic carbocycles. The molecular formula is C31H50O5. The van der Waals surface area contributed by atoms with Gasteiger partial charge in [0.05, 0.1) is 0 Å². The highest BCUT2D eigenvalue weighted by Gasteiger charge is 2.70. The van der Waals surface area contributed by atoms with Crippen molar-refractivity contribution in [1.29, 1.82) is 0 Å². The topological polar surface area (TPSA) is 69.7 Å². The lowest BCUT2D eigenvalue weighted by Gasteiger charge is -2.63. The van der Waals surface area contributed by atoms with Gasteiger partial charge in [-0.2, -0.15) is 0 Å². The van der Waals surface area contributed by atoms with E-state index in [0.717, 1.165) is 37.0 Å². The van der Waals surface area contributed by atoms with Crippen LogP contribution in [0.3, 0.4) is 0 Å². The highest BCUT2D eigenvalue weighted by Crippen LogP contribution is 2.69. The number of fused-ring (bicyclic) bond motifs is 5. The van der Waals surface area contributed by atoms with Crippen LogP contribution in [0.15, 0.2) is 0 Å². The summed E-state index contributed by atoms with van der Waals surface area (Å²) in [6, 6.07) is 0. The first-order valence-electron chi connectivity index (χ1n) is 14.7. The SMILES string of the molecule is CC(=O)O[C@@H]1CC[C@]2(C)[C@H]3CC[C@]4(C)[C@@H]([C@@H](C)CCCC(C)C)CC[C@H]4[C@@H]3CC(=O)[C@@]2(OC(C)=O)C1. The quantitative estimate of drug-likeness (QED) is 0.354. The third-order valence-corrected chi connectivity index (χ3v) is 11.4. The first-order chi connectivity index (χ1) is 16.8. The van der Waals surface area contributed by atoms with Crippen LogP contribution < -0.4 is 0 Å². The fourth-order valence-electron chi connectivity index (χ4n) is 9.80. The maximum Gasteiger partial charge on any atom is 0.303 e. The number of ether oxygens (including phenoxy) is 2. The van der Waals surface area contributed by atoms with Gasteiger partial charge < -0.3 is 9.47 Å². The fraction of sp³-hybridized carbons (Fsp3) is 0.903. The van der Waals surface area contributed by atoms with Crippen molar-refractivity contribution in [2.45, 2.75) is 131 Å². The molecule has 0 saturated heterocycles. The second-order valence-corrected chi connectivity index (χ2v) is 13.8. The lowest BCUT2D eigenvalue weighted by molar-refractivity contribution is -0.230. The summed E-state index contributed by atoms with van der Waals surface area (Å²) in [7, 11) is 0. The predicted octanol–water partition coefficient (Wildman–Crippen LogP) is 6.90. The largest absolute Gasteiger partial charge is 0.462 e. The molecule has 0 spiro atoms. The molecular weight excluding hydrogens is 452 g/mol. The summed E-state index contributed by atoms with van der Waals surface area (Å²) in [6.07, 6.45) is 10.6. The van der Waals surface area contributed by atoms with E-state index in [0.29, 0.717) is 36.0 Å². The Labute approximate surface area is 218 Å². The molecule has 36 heavy (non-hydrogen) atoms. The van der Waals surface area contributed by atoms with Crippen LogP contribution >= 0.6 is 0 Å². The zero-order chi connectivity index (χ0) is 26.5. The van der Waals surface area contributed by atoms with E-state index >= 15 is 0 Å². The van der Waals surface area contributed by atoms with Crippen LogP contribution in [0.25, 0.3) is 0 Å². The van der Waals surface area contributed by atoms with Crippen LogP contribution in [0.5, 0.6) is 0 Å². The Hall–Kier alpha value is -1.39. The van der Waals surface area contributed by atoms with Crippen molar-refractivity contribution in [2.75, 3.05) is 0 Å². The van der Waals surface area contributed by atoms with Gasteiger partial charge in [-0.1, -0.05) is 53.9 Å². The summed E-state index contributed by atoms with van der Waals surface area (Å²) in [4.78, 5) is 38.1. The van der Waals surface area contributed by atoms with Gasteiger partial charge in [-0.3, -0.25) is 14.4 Å². The van der Waals surface area contributed by atoms with E-state index in [1.165, 1.54) is 52.4 Å². The third-order valence-electron chi connectivity index (χ3n) is 11.4. The summed E-state index contributed by atoms with van der Waals surface area (Å²) in [6.45, 7) is 14.7. The molecule has 0 aromatic rings. The molecule has 4 saturated carbocycles. The van der Waals surface area contributed by atoms with Gasteiger partial charge in [0.1, 0.15) is 6.10 Å². The molecule has 0 amide bonds. The maximum absolute atomic E-state index is 14.1. The lowest BCUT2D eigenvalue weighted by atomic mass is 9.42. The molecule has 5 heteroatoms. The first kappa shape index (κ1) is 27.6. The standard InChI is InChI=1S/C31H50O5/c1-19(2)9-8-10-20(3)25-11-12-26-24-17-28(34)31(36-22(5)33)18-23(35-21(4)32)13-16-30(31,7)27(24)14-15-29(25,26)6/h19-20,23-27H,8-18H2,1-7H3/t20-,23+,24-,25+,26-,27-,29+,30+,31-/m0/s1. The normalized spacial score (nSPS) is 42.8. The smallest absolute Gasteiger partial charge is 0.303 e. The Bertz CT molecular complexity index is 865. The minimum absolute atomic E-state index is 0.0657. The Kier molecular flexibility index (Phi) is 7.72. The van der Waals surface area contributed by atoms with Gasteiger partial charge in [-0.25, -0.2) is 0 Å². The summed E-state index contributed by atoms with van der Waals surface area (Å²) in [5.41, 5.74) is -1.28. The van der Waals surface area contributed by atoms with Crippen LogP contribution in [0.2, 0.25) is 0 Å². The zero-order valence-corrected chi connectivity index (χ0v) is 23.9. The number of Topliss-reactive ketones (excluding diaryl/α,β-unsaturated/α-hetero) is 1.